The summed E-state index contributed by atoms with van der Waals surface area (Å²) in [6.45, 7) is 2.12. The Balaban J connectivity index is 0.000000128. The van der Waals surface area contributed by atoms with Gasteiger partial charge in [-0.1, -0.05) is 109 Å². The fraction of sp³-hybridized carbons (Fsp3) is 0.0370. The SMILES string of the molecule is Cc1ccc2ccccc2c1.c1ccc2c(c1)-c1cccc3cccc-2c13. The molecule has 0 spiro atoms. The molecule has 0 heteroatoms. The van der Waals surface area contributed by atoms with Crippen LogP contribution in [-0.2, 0) is 0 Å². The van der Waals surface area contributed by atoms with Crippen molar-refractivity contribution in [1.29, 1.82) is 0 Å². The molecule has 1 aliphatic rings. The molecule has 27 heavy (non-hydrogen) atoms. The average Bonchev–Trinajstić information content (AvgIpc) is 3.05. The second-order valence-corrected chi connectivity index (χ2v) is 7.11. The third-order valence-corrected chi connectivity index (χ3v) is 5.32. The molecule has 0 heterocycles. The molecular weight excluding hydrogens is 324 g/mol. The van der Waals surface area contributed by atoms with E-state index in [4.69, 9.17) is 0 Å². The number of aryl methyl sites for hydroxylation is 1. The predicted molar refractivity (Wildman–Crippen MR) is 117 cm³/mol. The smallest absolute Gasteiger partial charge is 0.00264 e. The molecule has 0 aliphatic heterocycles. The lowest BCUT2D eigenvalue weighted by Gasteiger charge is -2.00. The fourth-order valence-corrected chi connectivity index (χ4v) is 4.05. The van der Waals surface area contributed by atoms with Crippen molar-refractivity contribution in [3.8, 4) is 22.3 Å². The quantitative estimate of drug-likeness (QED) is 0.266. The van der Waals surface area contributed by atoms with Crippen LogP contribution < -0.4 is 0 Å². The maximum absolute atomic E-state index is 2.22. The first-order chi connectivity index (χ1) is 13.3. The highest BCUT2D eigenvalue weighted by atomic mass is 14.2. The van der Waals surface area contributed by atoms with Gasteiger partial charge < -0.3 is 0 Å². The first-order valence-electron chi connectivity index (χ1n) is 9.38. The second kappa shape index (κ2) is 6.41. The second-order valence-electron chi connectivity index (χ2n) is 7.11. The van der Waals surface area contributed by atoms with Gasteiger partial charge in [-0.25, -0.2) is 0 Å². The van der Waals surface area contributed by atoms with Crippen LogP contribution in [0.2, 0.25) is 0 Å². The van der Waals surface area contributed by atoms with E-state index in [2.05, 4.69) is 110 Å². The van der Waals surface area contributed by atoms with Crippen LogP contribution in [0.5, 0.6) is 0 Å². The van der Waals surface area contributed by atoms with Crippen molar-refractivity contribution in [2.24, 2.45) is 0 Å². The van der Waals surface area contributed by atoms with E-state index in [-0.39, 0.29) is 0 Å². The fourth-order valence-electron chi connectivity index (χ4n) is 4.05. The van der Waals surface area contributed by atoms with E-state index < -0.39 is 0 Å². The minimum Gasteiger partial charge on any atom is -0.0616 e. The number of hydrogen-bond acceptors (Lipinski definition) is 0. The molecule has 0 atom stereocenters. The van der Waals surface area contributed by atoms with Crippen molar-refractivity contribution in [3.05, 3.63) is 109 Å². The molecule has 0 fully saturated rings. The number of rotatable bonds is 0. The van der Waals surface area contributed by atoms with E-state index in [9.17, 15) is 0 Å². The highest BCUT2D eigenvalue weighted by Crippen LogP contribution is 2.46. The van der Waals surface area contributed by atoms with Gasteiger partial charge in [0.2, 0.25) is 0 Å². The van der Waals surface area contributed by atoms with E-state index in [1.165, 1.54) is 49.4 Å². The lowest BCUT2D eigenvalue weighted by molar-refractivity contribution is 1.51. The maximum Gasteiger partial charge on any atom is -0.00264 e. The minimum absolute atomic E-state index is 1.32. The highest BCUT2D eigenvalue weighted by molar-refractivity contribution is 6.15. The van der Waals surface area contributed by atoms with Gasteiger partial charge in [-0.05, 0) is 50.7 Å². The summed E-state index contributed by atoms with van der Waals surface area (Å²) >= 11 is 0. The molecule has 0 unspecified atom stereocenters. The molecule has 128 valence electrons. The molecule has 0 bridgehead atoms. The molecular formula is C27H20. The Kier molecular flexibility index (Phi) is 3.76. The summed E-state index contributed by atoms with van der Waals surface area (Å²) in [6, 6.07) is 36.7. The van der Waals surface area contributed by atoms with Crippen LogP contribution in [-0.4, -0.2) is 0 Å². The first kappa shape index (κ1) is 15.8. The molecule has 0 aromatic heterocycles. The summed E-state index contributed by atoms with van der Waals surface area (Å²) in [6.07, 6.45) is 0. The van der Waals surface area contributed by atoms with Gasteiger partial charge in [0.25, 0.3) is 0 Å². The molecule has 0 saturated carbocycles. The van der Waals surface area contributed by atoms with Gasteiger partial charge in [0.15, 0.2) is 0 Å². The summed E-state index contributed by atoms with van der Waals surface area (Å²) in [5.41, 5.74) is 6.82. The Bertz CT molecular complexity index is 1220. The molecule has 0 saturated heterocycles. The van der Waals surface area contributed by atoms with Crippen LogP contribution >= 0.6 is 0 Å². The Morgan fingerprint density at radius 1 is 0.407 bits per heavy atom. The lowest BCUT2D eigenvalue weighted by Crippen LogP contribution is -1.73. The average molecular weight is 344 g/mol. The molecule has 0 radical (unpaired) electrons. The maximum atomic E-state index is 2.22. The molecule has 5 aromatic carbocycles. The van der Waals surface area contributed by atoms with E-state index >= 15 is 0 Å². The highest BCUT2D eigenvalue weighted by Gasteiger charge is 2.19. The van der Waals surface area contributed by atoms with E-state index in [0.717, 1.165) is 0 Å². The molecule has 0 amide bonds. The molecule has 1 aliphatic carbocycles. The zero-order valence-electron chi connectivity index (χ0n) is 15.3. The van der Waals surface area contributed by atoms with Gasteiger partial charge in [-0.3, -0.25) is 0 Å². The van der Waals surface area contributed by atoms with Crippen molar-refractivity contribution < 1.29 is 0 Å². The van der Waals surface area contributed by atoms with Crippen molar-refractivity contribution in [1.82, 2.24) is 0 Å². The summed E-state index contributed by atoms with van der Waals surface area (Å²) in [7, 11) is 0. The minimum atomic E-state index is 1.32. The largest absolute Gasteiger partial charge is 0.0616 e. The monoisotopic (exact) mass is 344 g/mol. The van der Waals surface area contributed by atoms with Crippen LogP contribution in [0.1, 0.15) is 5.56 Å². The molecule has 5 aromatic rings. The number of hydrogen-bond donors (Lipinski definition) is 0. The summed E-state index contributed by atoms with van der Waals surface area (Å²) in [4.78, 5) is 0. The Morgan fingerprint density at radius 2 is 0.926 bits per heavy atom. The number of benzene rings is 5. The van der Waals surface area contributed by atoms with Crippen LogP contribution in [0.4, 0.5) is 0 Å². The Labute approximate surface area is 159 Å². The van der Waals surface area contributed by atoms with Crippen molar-refractivity contribution in [3.63, 3.8) is 0 Å². The predicted octanol–water partition coefficient (Wildman–Crippen LogP) is 7.64. The van der Waals surface area contributed by atoms with Crippen LogP contribution in [0.15, 0.2) is 103 Å². The van der Waals surface area contributed by atoms with E-state index in [0.29, 0.717) is 0 Å². The van der Waals surface area contributed by atoms with Gasteiger partial charge in [0.1, 0.15) is 0 Å². The zero-order valence-corrected chi connectivity index (χ0v) is 15.3. The van der Waals surface area contributed by atoms with Gasteiger partial charge in [0.05, 0.1) is 0 Å². The molecule has 0 N–H and O–H groups in total. The van der Waals surface area contributed by atoms with E-state index in [1.807, 2.05) is 0 Å². The Hall–Kier alpha value is -3.38. The third-order valence-electron chi connectivity index (χ3n) is 5.32. The van der Waals surface area contributed by atoms with Gasteiger partial charge >= 0.3 is 0 Å². The third kappa shape index (κ3) is 2.71. The molecule has 0 nitrogen and oxygen atoms in total. The van der Waals surface area contributed by atoms with Crippen molar-refractivity contribution in [2.45, 2.75) is 6.92 Å². The van der Waals surface area contributed by atoms with Crippen LogP contribution in [0, 0.1) is 6.92 Å². The standard InChI is InChI=1S/C16H10.C11H10/c1-2-8-13-12(7-1)14-9-3-5-11-6-4-10-15(13)16(11)14;1-9-6-7-10-4-2-3-5-11(10)8-9/h1-10H;2-8H,1H3. The number of fused-ring (bicyclic) bond motifs is 4. The normalized spacial score (nSPS) is 11.1. The van der Waals surface area contributed by atoms with Crippen molar-refractivity contribution >= 4 is 21.5 Å². The summed E-state index contributed by atoms with van der Waals surface area (Å²) in [5.74, 6) is 0. The van der Waals surface area contributed by atoms with Gasteiger partial charge in [-0.15, -0.1) is 0 Å². The van der Waals surface area contributed by atoms with Crippen LogP contribution in [0.3, 0.4) is 0 Å². The van der Waals surface area contributed by atoms with Gasteiger partial charge in [0, 0.05) is 0 Å². The summed E-state index contributed by atoms with van der Waals surface area (Å²) in [5, 5.41) is 5.39. The Morgan fingerprint density at radius 3 is 1.59 bits per heavy atom. The van der Waals surface area contributed by atoms with E-state index in [1.54, 1.807) is 0 Å². The molecule has 6 rings (SSSR count). The summed E-state index contributed by atoms with van der Waals surface area (Å²) < 4.78 is 0. The lowest BCUT2D eigenvalue weighted by atomic mass is 10.0. The first-order valence-corrected chi connectivity index (χ1v) is 9.38. The zero-order chi connectivity index (χ0) is 18.2. The van der Waals surface area contributed by atoms with Gasteiger partial charge in [-0.2, -0.15) is 0 Å². The van der Waals surface area contributed by atoms with Crippen molar-refractivity contribution in [2.75, 3.05) is 0 Å². The van der Waals surface area contributed by atoms with Crippen LogP contribution in [0.25, 0.3) is 43.8 Å². The topological polar surface area (TPSA) is 0 Å².